The zero-order chi connectivity index (χ0) is 33.7. The molecule has 0 radical (unpaired) electrons. The predicted molar refractivity (Wildman–Crippen MR) is 162 cm³/mol. The molecule has 1 atom stereocenters. The average molecular weight is 656 g/mol. The Balaban J connectivity index is 1.39. The largest absolute Gasteiger partial charge is 0.494 e. The lowest BCUT2D eigenvalue weighted by Crippen LogP contribution is -2.43. The van der Waals surface area contributed by atoms with Crippen molar-refractivity contribution in [2.75, 3.05) is 20.3 Å². The lowest BCUT2D eigenvalue weighted by molar-refractivity contribution is -0.137. The van der Waals surface area contributed by atoms with Gasteiger partial charge < -0.3 is 25.6 Å². The van der Waals surface area contributed by atoms with Gasteiger partial charge in [-0.05, 0) is 74.9 Å². The number of rotatable bonds is 12. The van der Waals surface area contributed by atoms with E-state index in [-0.39, 0.29) is 52.9 Å². The van der Waals surface area contributed by atoms with Crippen LogP contribution in [0.2, 0.25) is 0 Å². The number of fused-ring (bicyclic) bond motifs is 1. The van der Waals surface area contributed by atoms with E-state index in [2.05, 4.69) is 15.4 Å². The van der Waals surface area contributed by atoms with Gasteiger partial charge >= 0.3 is 6.18 Å². The minimum Gasteiger partial charge on any atom is -0.494 e. The number of pyridine rings is 1. The molecule has 14 heteroatoms. The lowest BCUT2D eigenvalue weighted by atomic mass is 9.90. The van der Waals surface area contributed by atoms with Gasteiger partial charge in [0.2, 0.25) is 5.91 Å². The highest BCUT2D eigenvalue weighted by Crippen LogP contribution is 2.47. The molecule has 47 heavy (non-hydrogen) atoms. The van der Waals surface area contributed by atoms with Crippen molar-refractivity contribution in [2.45, 2.75) is 56.8 Å². The van der Waals surface area contributed by atoms with E-state index in [1.54, 1.807) is 19.1 Å². The van der Waals surface area contributed by atoms with Crippen molar-refractivity contribution in [1.82, 2.24) is 20.1 Å². The van der Waals surface area contributed by atoms with Crippen LogP contribution in [0.15, 0.2) is 42.6 Å². The van der Waals surface area contributed by atoms with E-state index in [0.29, 0.717) is 41.6 Å². The highest BCUT2D eigenvalue weighted by atomic mass is 19.4. The van der Waals surface area contributed by atoms with Crippen LogP contribution in [0.5, 0.6) is 11.5 Å². The molecule has 4 aromatic rings. The van der Waals surface area contributed by atoms with Crippen LogP contribution in [0.1, 0.15) is 65.8 Å². The number of primary amides is 1. The number of benzene rings is 2. The predicted octanol–water partition coefficient (Wildman–Crippen LogP) is 5.05. The summed E-state index contributed by atoms with van der Waals surface area (Å²) in [5, 5.41) is 20.2. The first-order valence-electron chi connectivity index (χ1n) is 15.2. The van der Waals surface area contributed by atoms with Gasteiger partial charge in [-0.15, -0.1) is 0 Å². The average Bonchev–Trinajstić information content (AvgIpc) is 3.96. The first-order chi connectivity index (χ1) is 22.3. The van der Waals surface area contributed by atoms with Gasteiger partial charge in [0, 0.05) is 28.3 Å². The summed E-state index contributed by atoms with van der Waals surface area (Å²) in [6, 6.07) is 6.89. The normalized spacial score (nSPS) is 16.1. The van der Waals surface area contributed by atoms with Gasteiger partial charge in [0.15, 0.2) is 0 Å². The zero-order valence-corrected chi connectivity index (χ0v) is 25.7. The van der Waals surface area contributed by atoms with Crippen molar-refractivity contribution in [3.63, 3.8) is 0 Å². The Kier molecular flexibility index (Phi) is 8.32. The van der Waals surface area contributed by atoms with Crippen LogP contribution in [-0.2, 0) is 23.0 Å². The van der Waals surface area contributed by atoms with Crippen LogP contribution in [-0.4, -0.2) is 51.9 Å². The SMILES string of the molecule is CCOc1c(CC(N)=O)cc([C@@](O)(CNC(=O)c2cc(OC)c3nn(C4CC4)cc3c2)C2CC2)nc1-c1cc(F)cc(C(F)(F)F)c1. The third-order valence-corrected chi connectivity index (χ3v) is 8.41. The third kappa shape index (κ3) is 6.59. The Morgan fingerprint density at radius 2 is 1.85 bits per heavy atom. The molecule has 2 aromatic heterocycles. The fourth-order valence-corrected chi connectivity index (χ4v) is 5.77. The zero-order valence-electron chi connectivity index (χ0n) is 25.7. The summed E-state index contributed by atoms with van der Waals surface area (Å²) in [5.74, 6) is -2.50. The van der Waals surface area contributed by atoms with E-state index >= 15 is 0 Å². The molecule has 0 saturated heterocycles. The number of carbonyl (C=O) groups excluding carboxylic acids is 2. The lowest BCUT2D eigenvalue weighted by Gasteiger charge is -2.30. The first-order valence-corrected chi connectivity index (χ1v) is 15.2. The molecule has 2 aliphatic carbocycles. The number of nitrogens with zero attached hydrogens (tertiary/aromatic N) is 3. The van der Waals surface area contributed by atoms with Crippen LogP contribution in [0.3, 0.4) is 0 Å². The van der Waals surface area contributed by atoms with Crippen molar-refractivity contribution in [1.29, 1.82) is 0 Å². The molecule has 10 nitrogen and oxygen atoms in total. The third-order valence-electron chi connectivity index (χ3n) is 8.41. The summed E-state index contributed by atoms with van der Waals surface area (Å²) in [6.45, 7) is 1.33. The standard InChI is InChI=1S/C33H33F4N5O5/c1-3-47-30-18(13-27(38)43)12-26(40-29(30)17-9-22(33(35,36)37)14-23(34)10-17)32(45,21-4-5-21)16-39-31(44)19-8-20-15-42(24-6-7-24)41-28(20)25(11-19)46-2/h8-12,14-15,21,24,45H,3-7,13,16H2,1-2H3,(H2,38,43)(H,39,44)/t32-/m1/s1. The van der Waals surface area contributed by atoms with Crippen LogP contribution < -0.4 is 20.5 Å². The second-order valence-corrected chi connectivity index (χ2v) is 12.0. The van der Waals surface area contributed by atoms with E-state index in [9.17, 15) is 32.3 Å². The van der Waals surface area contributed by atoms with Crippen LogP contribution in [0, 0.1) is 11.7 Å². The molecule has 4 N–H and O–H groups in total. The van der Waals surface area contributed by atoms with E-state index in [0.717, 1.165) is 25.0 Å². The van der Waals surface area contributed by atoms with Crippen LogP contribution in [0.25, 0.3) is 22.2 Å². The van der Waals surface area contributed by atoms with Crippen LogP contribution >= 0.6 is 0 Å². The topological polar surface area (TPSA) is 142 Å². The molecule has 6 rings (SSSR count). The number of halogens is 4. The maximum atomic E-state index is 14.6. The number of nitrogens with one attached hydrogen (secondary N) is 1. The van der Waals surface area contributed by atoms with Gasteiger partial charge in [-0.3, -0.25) is 14.3 Å². The number of ether oxygens (including phenoxy) is 2. The molecule has 0 aliphatic heterocycles. The summed E-state index contributed by atoms with van der Waals surface area (Å²) in [7, 11) is 1.48. The van der Waals surface area contributed by atoms with Crippen LogP contribution in [0.4, 0.5) is 17.6 Å². The van der Waals surface area contributed by atoms with Gasteiger partial charge in [0.25, 0.3) is 5.91 Å². The summed E-state index contributed by atoms with van der Waals surface area (Å²) in [6.07, 6.45) is -0.226. The van der Waals surface area contributed by atoms with Gasteiger partial charge in [-0.2, -0.15) is 18.3 Å². The summed E-state index contributed by atoms with van der Waals surface area (Å²) in [4.78, 5) is 30.1. The summed E-state index contributed by atoms with van der Waals surface area (Å²) in [5.41, 5.74) is 2.94. The maximum Gasteiger partial charge on any atom is 0.416 e. The van der Waals surface area contributed by atoms with Gasteiger partial charge in [-0.1, -0.05) is 0 Å². The van der Waals surface area contributed by atoms with Gasteiger partial charge in [0.1, 0.15) is 34.1 Å². The molecule has 0 spiro atoms. The Morgan fingerprint density at radius 3 is 2.47 bits per heavy atom. The fourth-order valence-electron chi connectivity index (χ4n) is 5.77. The van der Waals surface area contributed by atoms with Crippen molar-refractivity contribution in [3.05, 3.63) is 70.8 Å². The minimum atomic E-state index is -4.86. The molecule has 2 aliphatic rings. The fraction of sp³-hybridized carbons (Fsp3) is 0.394. The van der Waals surface area contributed by atoms with Crippen molar-refractivity contribution in [3.8, 4) is 22.8 Å². The molecule has 2 saturated carbocycles. The number of alkyl halides is 3. The number of aliphatic hydroxyl groups is 1. The second-order valence-electron chi connectivity index (χ2n) is 12.0. The number of hydrogen-bond acceptors (Lipinski definition) is 7. The van der Waals surface area contributed by atoms with Crippen molar-refractivity contribution >= 4 is 22.7 Å². The number of aromatic nitrogens is 3. The Morgan fingerprint density at radius 1 is 1.11 bits per heavy atom. The number of methoxy groups -OCH3 is 1. The molecule has 248 valence electrons. The Labute approximate surface area is 266 Å². The smallest absolute Gasteiger partial charge is 0.416 e. The van der Waals surface area contributed by atoms with E-state index in [1.807, 2.05) is 10.9 Å². The number of carbonyl (C=O) groups is 2. The molecule has 2 amide bonds. The molecule has 2 fully saturated rings. The van der Waals surface area contributed by atoms with Crippen molar-refractivity contribution in [2.24, 2.45) is 11.7 Å². The highest BCUT2D eigenvalue weighted by molar-refractivity contribution is 6.00. The van der Waals surface area contributed by atoms with E-state index < -0.39 is 41.4 Å². The Hall–Kier alpha value is -4.72. The maximum absolute atomic E-state index is 14.6. The monoisotopic (exact) mass is 655 g/mol. The molecule has 0 unspecified atom stereocenters. The quantitative estimate of drug-likeness (QED) is 0.181. The summed E-state index contributed by atoms with van der Waals surface area (Å²) < 4.78 is 68.6. The molecule has 2 heterocycles. The van der Waals surface area contributed by atoms with Crippen molar-refractivity contribution < 1.29 is 41.7 Å². The molecular weight excluding hydrogens is 622 g/mol. The van der Waals surface area contributed by atoms with Gasteiger partial charge in [-0.25, -0.2) is 9.37 Å². The molecular formula is C33H33F4N5O5. The van der Waals surface area contributed by atoms with E-state index in [4.69, 9.17) is 15.2 Å². The molecule has 0 bridgehead atoms. The number of nitrogens with two attached hydrogens (primary N) is 1. The Bertz CT molecular complexity index is 1870. The summed E-state index contributed by atoms with van der Waals surface area (Å²) >= 11 is 0. The number of hydrogen-bond donors (Lipinski definition) is 3. The van der Waals surface area contributed by atoms with E-state index in [1.165, 1.54) is 13.2 Å². The number of amides is 2. The molecule has 2 aromatic carbocycles. The second kappa shape index (κ2) is 12.1. The van der Waals surface area contributed by atoms with Gasteiger partial charge in [0.05, 0.1) is 44.0 Å². The minimum absolute atomic E-state index is 0.0356. The highest BCUT2D eigenvalue weighted by Gasteiger charge is 2.47. The first kappa shape index (κ1) is 32.2.